The lowest BCUT2D eigenvalue weighted by atomic mass is 10.0. The molecule has 0 saturated heterocycles. The zero-order valence-corrected chi connectivity index (χ0v) is 12.8. The average molecular weight is 332 g/mol. The van der Waals surface area contributed by atoms with Crippen LogP contribution in [-0.4, -0.2) is 34.4 Å². The van der Waals surface area contributed by atoms with Gasteiger partial charge >= 0.3 is 0 Å². The minimum Gasteiger partial charge on any atom is -0.261 e. The van der Waals surface area contributed by atoms with Crippen molar-refractivity contribution in [1.29, 1.82) is 0 Å². The van der Waals surface area contributed by atoms with Crippen molar-refractivity contribution in [1.82, 2.24) is 19.5 Å². The third kappa shape index (κ3) is 2.30. The number of pyridine rings is 1. The van der Waals surface area contributed by atoms with E-state index in [2.05, 4.69) is 15.2 Å². The summed E-state index contributed by atoms with van der Waals surface area (Å²) >= 11 is 0. The van der Waals surface area contributed by atoms with Crippen LogP contribution in [0.25, 0.3) is 11.0 Å². The molecule has 0 unspecified atom stereocenters. The molecule has 0 radical (unpaired) electrons. The van der Waals surface area contributed by atoms with E-state index in [1.807, 2.05) is 0 Å². The third-order valence-electron chi connectivity index (χ3n) is 4.07. The van der Waals surface area contributed by atoms with Crippen molar-refractivity contribution in [2.24, 2.45) is 0 Å². The molecule has 8 heteroatoms. The predicted molar refractivity (Wildman–Crippen MR) is 81.6 cm³/mol. The van der Waals surface area contributed by atoms with Crippen LogP contribution < -0.4 is 0 Å². The highest BCUT2D eigenvalue weighted by Crippen LogP contribution is 2.28. The van der Waals surface area contributed by atoms with E-state index >= 15 is 0 Å². The molecule has 0 saturated carbocycles. The maximum Gasteiger partial charge on any atom is 0.243 e. The van der Waals surface area contributed by atoms with Gasteiger partial charge in [0.1, 0.15) is 5.82 Å². The Labute approximate surface area is 132 Å². The summed E-state index contributed by atoms with van der Waals surface area (Å²) in [6, 6.07) is 5.08. The van der Waals surface area contributed by atoms with E-state index in [9.17, 15) is 12.8 Å². The SMILES string of the molecule is O=S(=O)(c1cccc(F)c1)N1CCc2c(cnc3[nH]ncc23)C1. The Hall–Kier alpha value is -2.32. The van der Waals surface area contributed by atoms with Crippen LogP contribution in [0.3, 0.4) is 0 Å². The Morgan fingerprint density at radius 3 is 2.96 bits per heavy atom. The molecule has 3 aromatic rings. The quantitative estimate of drug-likeness (QED) is 0.777. The molecule has 118 valence electrons. The van der Waals surface area contributed by atoms with Gasteiger partial charge in [-0.2, -0.15) is 9.40 Å². The highest BCUT2D eigenvalue weighted by atomic mass is 32.2. The van der Waals surface area contributed by atoms with Crippen LogP contribution in [0.2, 0.25) is 0 Å². The average Bonchev–Trinajstić information content (AvgIpc) is 3.03. The molecule has 4 rings (SSSR count). The summed E-state index contributed by atoms with van der Waals surface area (Å²) in [5, 5.41) is 7.70. The Morgan fingerprint density at radius 2 is 2.13 bits per heavy atom. The Morgan fingerprint density at radius 1 is 1.26 bits per heavy atom. The molecule has 3 heterocycles. The van der Waals surface area contributed by atoms with Crippen LogP contribution in [0.5, 0.6) is 0 Å². The summed E-state index contributed by atoms with van der Waals surface area (Å²) in [4.78, 5) is 4.23. The van der Waals surface area contributed by atoms with E-state index < -0.39 is 15.8 Å². The van der Waals surface area contributed by atoms with Crippen LogP contribution in [-0.2, 0) is 23.0 Å². The number of benzene rings is 1. The van der Waals surface area contributed by atoms with E-state index in [-0.39, 0.29) is 11.4 Å². The predicted octanol–water partition coefficient (Wildman–Crippen LogP) is 1.84. The molecule has 6 nitrogen and oxygen atoms in total. The van der Waals surface area contributed by atoms with Gasteiger partial charge in [0, 0.05) is 24.7 Å². The summed E-state index contributed by atoms with van der Waals surface area (Å²) in [6.07, 6.45) is 3.95. The number of rotatable bonds is 2. The Balaban J connectivity index is 1.72. The number of hydrogen-bond donors (Lipinski definition) is 1. The molecule has 0 amide bonds. The first-order valence-corrected chi connectivity index (χ1v) is 8.55. The summed E-state index contributed by atoms with van der Waals surface area (Å²) < 4.78 is 40.1. The molecule has 1 N–H and O–H groups in total. The number of aromatic nitrogens is 3. The van der Waals surface area contributed by atoms with Gasteiger partial charge in [0.15, 0.2) is 5.65 Å². The Kier molecular flexibility index (Phi) is 3.17. The first-order chi connectivity index (χ1) is 11.1. The van der Waals surface area contributed by atoms with Gasteiger partial charge in [0.25, 0.3) is 0 Å². The highest BCUT2D eigenvalue weighted by molar-refractivity contribution is 7.89. The van der Waals surface area contributed by atoms with Gasteiger partial charge in [-0.15, -0.1) is 0 Å². The van der Waals surface area contributed by atoms with Crippen LogP contribution >= 0.6 is 0 Å². The maximum absolute atomic E-state index is 13.3. The van der Waals surface area contributed by atoms with Crippen molar-refractivity contribution in [2.45, 2.75) is 17.9 Å². The number of sulfonamides is 1. The lowest BCUT2D eigenvalue weighted by molar-refractivity contribution is 0.391. The van der Waals surface area contributed by atoms with Gasteiger partial charge in [-0.05, 0) is 35.7 Å². The first-order valence-electron chi connectivity index (χ1n) is 7.11. The van der Waals surface area contributed by atoms with Crippen molar-refractivity contribution in [2.75, 3.05) is 6.54 Å². The summed E-state index contributed by atoms with van der Waals surface area (Å²) in [6.45, 7) is 0.568. The van der Waals surface area contributed by atoms with Crippen molar-refractivity contribution >= 4 is 21.1 Å². The minimum absolute atomic E-state index is 0.0294. The van der Waals surface area contributed by atoms with Gasteiger partial charge in [-0.3, -0.25) is 5.10 Å². The van der Waals surface area contributed by atoms with Crippen LogP contribution in [0.4, 0.5) is 4.39 Å². The second-order valence-electron chi connectivity index (χ2n) is 5.44. The number of hydrogen-bond acceptors (Lipinski definition) is 4. The number of H-pyrrole nitrogens is 1. The molecule has 1 aromatic carbocycles. The van der Waals surface area contributed by atoms with Gasteiger partial charge in [-0.25, -0.2) is 17.8 Å². The van der Waals surface area contributed by atoms with Crippen LogP contribution in [0.1, 0.15) is 11.1 Å². The van der Waals surface area contributed by atoms with E-state index in [0.29, 0.717) is 18.6 Å². The molecule has 0 spiro atoms. The van der Waals surface area contributed by atoms with E-state index in [1.54, 1.807) is 12.4 Å². The zero-order valence-electron chi connectivity index (χ0n) is 12.0. The molecule has 23 heavy (non-hydrogen) atoms. The van der Waals surface area contributed by atoms with Gasteiger partial charge in [0.2, 0.25) is 10.0 Å². The fourth-order valence-electron chi connectivity index (χ4n) is 2.91. The third-order valence-corrected chi connectivity index (χ3v) is 5.91. The van der Waals surface area contributed by atoms with Gasteiger partial charge in [-0.1, -0.05) is 6.07 Å². The number of nitrogens with one attached hydrogen (secondary N) is 1. The molecule has 0 aliphatic carbocycles. The first kappa shape index (κ1) is 14.3. The van der Waals surface area contributed by atoms with Crippen LogP contribution in [0, 0.1) is 5.82 Å². The Bertz CT molecular complexity index is 1000. The lowest BCUT2D eigenvalue weighted by Crippen LogP contribution is -2.36. The number of halogens is 1. The minimum atomic E-state index is -3.73. The molecule has 2 aromatic heterocycles. The summed E-state index contributed by atoms with van der Waals surface area (Å²) in [5.41, 5.74) is 2.62. The maximum atomic E-state index is 13.3. The molecule has 1 aliphatic rings. The van der Waals surface area contributed by atoms with Crippen molar-refractivity contribution in [3.8, 4) is 0 Å². The molecule has 0 bridgehead atoms. The van der Waals surface area contributed by atoms with Crippen LogP contribution in [0.15, 0.2) is 41.6 Å². The number of aromatic amines is 1. The van der Waals surface area contributed by atoms with Gasteiger partial charge in [0.05, 0.1) is 11.1 Å². The summed E-state index contributed by atoms with van der Waals surface area (Å²) in [7, 11) is -3.73. The number of fused-ring (bicyclic) bond motifs is 3. The fraction of sp³-hybridized carbons (Fsp3) is 0.200. The normalized spacial score (nSPS) is 15.7. The molecule has 0 fully saturated rings. The summed E-state index contributed by atoms with van der Waals surface area (Å²) in [5.74, 6) is -0.565. The largest absolute Gasteiger partial charge is 0.261 e. The van der Waals surface area contributed by atoms with Crippen molar-refractivity contribution in [3.63, 3.8) is 0 Å². The monoisotopic (exact) mass is 332 g/mol. The van der Waals surface area contributed by atoms with Crippen molar-refractivity contribution in [3.05, 3.63) is 53.6 Å². The smallest absolute Gasteiger partial charge is 0.243 e. The molecule has 0 atom stereocenters. The molecule has 1 aliphatic heterocycles. The second kappa shape index (κ2) is 5.10. The van der Waals surface area contributed by atoms with Crippen molar-refractivity contribution < 1.29 is 12.8 Å². The fourth-order valence-corrected chi connectivity index (χ4v) is 4.36. The molecular weight excluding hydrogens is 319 g/mol. The van der Waals surface area contributed by atoms with E-state index in [0.717, 1.165) is 22.6 Å². The number of nitrogens with zero attached hydrogens (tertiary/aromatic N) is 3. The zero-order chi connectivity index (χ0) is 16.0. The highest BCUT2D eigenvalue weighted by Gasteiger charge is 2.29. The van der Waals surface area contributed by atoms with Gasteiger partial charge < -0.3 is 0 Å². The molecular formula is C15H13FN4O2S. The van der Waals surface area contributed by atoms with E-state index in [1.165, 1.54) is 22.5 Å². The standard InChI is InChI=1S/C15H13FN4O2S/c16-11-2-1-3-12(6-11)23(21,22)20-5-4-13-10(9-20)7-17-15-14(13)8-18-19-15/h1-3,6-8H,4-5,9H2,(H,17,18,19). The second-order valence-corrected chi connectivity index (χ2v) is 7.38. The topological polar surface area (TPSA) is 79.0 Å². The van der Waals surface area contributed by atoms with E-state index in [4.69, 9.17) is 0 Å². The lowest BCUT2D eigenvalue weighted by Gasteiger charge is -2.28.